The van der Waals surface area contributed by atoms with Gasteiger partial charge in [0.05, 0.1) is 17.1 Å². The average Bonchev–Trinajstić information content (AvgIpc) is 2.08. The highest BCUT2D eigenvalue weighted by atomic mass is 35.5. The quantitative estimate of drug-likeness (QED) is 0.832. The first kappa shape index (κ1) is 11.9. The van der Waals surface area contributed by atoms with Gasteiger partial charge in [-0.15, -0.1) is 0 Å². The number of carbonyl (C=O) groups is 1. The van der Waals surface area contributed by atoms with Gasteiger partial charge >= 0.3 is 5.97 Å². The van der Waals surface area contributed by atoms with Crippen molar-refractivity contribution in [1.82, 2.24) is 0 Å². The molecule has 0 spiro atoms. The zero-order chi connectivity index (χ0) is 11.4. The van der Waals surface area contributed by atoms with E-state index in [1.807, 2.05) is 26.0 Å². The Balaban J connectivity index is 2.72. The molecule has 2 N–H and O–H groups in total. The van der Waals surface area contributed by atoms with Crippen LogP contribution in [-0.2, 0) is 4.79 Å². The number of hydrogen-bond donors (Lipinski definition) is 2. The number of halogens is 1. The maximum Gasteiger partial charge on any atom is 0.305 e. The largest absolute Gasteiger partial charge is 0.481 e. The zero-order valence-electron chi connectivity index (χ0n) is 8.80. The first-order chi connectivity index (χ1) is 7.00. The molecule has 1 rings (SSSR count). The molecule has 0 saturated carbocycles. The third-order valence-corrected chi connectivity index (χ3v) is 2.37. The average molecular weight is 228 g/mol. The van der Waals surface area contributed by atoms with Crippen molar-refractivity contribution in [2.24, 2.45) is 0 Å². The SMILES string of the molecule is Cc1cc(C)c(NCCC(=O)O)c(Cl)c1. The number of aryl methyl sites for hydroxylation is 2. The van der Waals surface area contributed by atoms with Gasteiger partial charge in [-0.05, 0) is 31.0 Å². The predicted molar refractivity (Wildman–Crippen MR) is 61.7 cm³/mol. The van der Waals surface area contributed by atoms with E-state index in [-0.39, 0.29) is 6.42 Å². The summed E-state index contributed by atoms with van der Waals surface area (Å²) in [5, 5.41) is 12.2. The topological polar surface area (TPSA) is 49.3 Å². The molecule has 0 aliphatic carbocycles. The highest BCUT2D eigenvalue weighted by Gasteiger charge is 2.05. The van der Waals surface area contributed by atoms with Crippen LogP contribution in [0.3, 0.4) is 0 Å². The Kier molecular flexibility index (Phi) is 3.97. The van der Waals surface area contributed by atoms with Gasteiger partial charge in [0, 0.05) is 6.54 Å². The second kappa shape index (κ2) is 5.03. The maximum atomic E-state index is 10.3. The minimum atomic E-state index is -0.816. The van der Waals surface area contributed by atoms with Gasteiger partial charge in [-0.1, -0.05) is 17.7 Å². The molecule has 0 aliphatic rings. The molecule has 15 heavy (non-hydrogen) atoms. The lowest BCUT2D eigenvalue weighted by atomic mass is 10.1. The highest BCUT2D eigenvalue weighted by Crippen LogP contribution is 2.27. The van der Waals surface area contributed by atoms with Crippen LogP contribution in [0.4, 0.5) is 5.69 Å². The number of benzene rings is 1. The van der Waals surface area contributed by atoms with Gasteiger partial charge in [0.15, 0.2) is 0 Å². The molecule has 4 heteroatoms. The maximum absolute atomic E-state index is 10.3. The normalized spacial score (nSPS) is 10.1. The van der Waals surface area contributed by atoms with Crippen LogP contribution in [0.25, 0.3) is 0 Å². The Hall–Kier alpha value is -1.22. The molecule has 1 aromatic rings. The molecule has 0 heterocycles. The van der Waals surface area contributed by atoms with Crippen LogP contribution in [0.15, 0.2) is 12.1 Å². The number of hydrogen-bond acceptors (Lipinski definition) is 2. The lowest BCUT2D eigenvalue weighted by Crippen LogP contribution is -2.08. The number of carboxylic acids is 1. The molecule has 0 fully saturated rings. The Bertz CT molecular complexity index is 354. The van der Waals surface area contributed by atoms with Crippen molar-refractivity contribution in [2.45, 2.75) is 20.3 Å². The molecule has 0 radical (unpaired) electrons. The van der Waals surface area contributed by atoms with Crippen LogP contribution in [0.1, 0.15) is 17.5 Å². The van der Waals surface area contributed by atoms with Gasteiger partial charge in [0.1, 0.15) is 0 Å². The van der Waals surface area contributed by atoms with Gasteiger partial charge < -0.3 is 10.4 Å². The van der Waals surface area contributed by atoms with E-state index < -0.39 is 5.97 Å². The molecule has 0 aliphatic heterocycles. The highest BCUT2D eigenvalue weighted by molar-refractivity contribution is 6.33. The predicted octanol–water partition coefficient (Wildman–Crippen LogP) is 2.84. The van der Waals surface area contributed by atoms with Gasteiger partial charge in [0.25, 0.3) is 0 Å². The second-order valence-electron chi connectivity index (χ2n) is 3.51. The van der Waals surface area contributed by atoms with Crippen LogP contribution < -0.4 is 5.32 Å². The summed E-state index contributed by atoms with van der Waals surface area (Å²) in [6.45, 7) is 4.31. The van der Waals surface area contributed by atoms with Crippen LogP contribution in [-0.4, -0.2) is 17.6 Å². The van der Waals surface area contributed by atoms with Crippen molar-refractivity contribution < 1.29 is 9.90 Å². The van der Waals surface area contributed by atoms with E-state index in [1.54, 1.807) is 0 Å². The summed E-state index contributed by atoms with van der Waals surface area (Å²) in [6.07, 6.45) is 0.0869. The lowest BCUT2D eigenvalue weighted by Gasteiger charge is -2.11. The van der Waals surface area contributed by atoms with E-state index in [1.165, 1.54) is 0 Å². The molecule has 3 nitrogen and oxygen atoms in total. The van der Waals surface area contributed by atoms with E-state index in [2.05, 4.69) is 5.32 Å². The second-order valence-corrected chi connectivity index (χ2v) is 3.92. The van der Waals surface area contributed by atoms with Gasteiger partial charge in [0.2, 0.25) is 0 Å². The molecular formula is C11H14ClNO2. The molecule has 0 atom stereocenters. The van der Waals surface area contributed by atoms with Crippen LogP contribution in [0, 0.1) is 13.8 Å². The summed E-state index contributed by atoms with van der Waals surface area (Å²) in [5.41, 5.74) is 2.95. The Morgan fingerprint density at radius 1 is 1.47 bits per heavy atom. The van der Waals surface area contributed by atoms with Crippen molar-refractivity contribution in [3.8, 4) is 0 Å². The Morgan fingerprint density at radius 3 is 2.67 bits per heavy atom. The first-order valence-electron chi connectivity index (χ1n) is 4.73. The number of aliphatic carboxylic acids is 1. The molecule has 0 aromatic heterocycles. The van der Waals surface area contributed by atoms with E-state index in [4.69, 9.17) is 16.7 Å². The summed E-state index contributed by atoms with van der Waals surface area (Å²) in [7, 11) is 0. The van der Waals surface area contributed by atoms with Crippen molar-refractivity contribution in [1.29, 1.82) is 0 Å². The monoisotopic (exact) mass is 227 g/mol. The molecule has 0 saturated heterocycles. The minimum absolute atomic E-state index is 0.0869. The number of carboxylic acid groups (broad SMARTS) is 1. The van der Waals surface area contributed by atoms with E-state index in [0.29, 0.717) is 11.6 Å². The Labute approximate surface area is 94.1 Å². The van der Waals surface area contributed by atoms with Gasteiger partial charge in [-0.2, -0.15) is 0 Å². The Morgan fingerprint density at radius 2 is 2.13 bits per heavy atom. The number of nitrogens with one attached hydrogen (secondary N) is 1. The van der Waals surface area contributed by atoms with Crippen molar-refractivity contribution in [2.75, 3.05) is 11.9 Å². The molecule has 1 aromatic carbocycles. The van der Waals surface area contributed by atoms with E-state index in [0.717, 1.165) is 16.8 Å². The fourth-order valence-electron chi connectivity index (χ4n) is 1.43. The number of rotatable bonds is 4. The summed E-state index contributed by atoms with van der Waals surface area (Å²) >= 11 is 6.04. The van der Waals surface area contributed by atoms with Crippen LogP contribution >= 0.6 is 11.6 Å². The van der Waals surface area contributed by atoms with E-state index in [9.17, 15) is 4.79 Å². The van der Waals surface area contributed by atoms with Crippen molar-refractivity contribution in [3.63, 3.8) is 0 Å². The zero-order valence-corrected chi connectivity index (χ0v) is 9.56. The summed E-state index contributed by atoms with van der Waals surface area (Å²) < 4.78 is 0. The van der Waals surface area contributed by atoms with E-state index >= 15 is 0 Å². The van der Waals surface area contributed by atoms with Crippen molar-refractivity contribution in [3.05, 3.63) is 28.3 Å². The third-order valence-electron chi connectivity index (χ3n) is 2.07. The molecule has 0 unspecified atom stereocenters. The molecule has 0 amide bonds. The first-order valence-corrected chi connectivity index (χ1v) is 5.11. The smallest absolute Gasteiger partial charge is 0.305 e. The summed E-state index contributed by atoms with van der Waals surface area (Å²) in [5.74, 6) is -0.816. The lowest BCUT2D eigenvalue weighted by molar-refractivity contribution is -0.136. The van der Waals surface area contributed by atoms with Crippen LogP contribution in [0.2, 0.25) is 5.02 Å². The standard InChI is InChI=1S/C11H14ClNO2/c1-7-5-8(2)11(9(12)6-7)13-4-3-10(14)15/h5-6,13H,3-4H2,1-2H3,(H,14,15). The van der Waals surface area contributed by atoms with Gasteiger partial charge in [-0.25, -0.2) is 0 Å². The summed E-state index contributed by atoms with van der Waals surface area (Å²) in [4.78, 5) is 10.3. The minimum Gasteiger partial charge on any atom is -0.481 e. The fourth-order valence-corrected chi connectivity index (χ4v) is 1.82. The fraction of sp³-hybridized carbons (Fsp3) is 0.364. The molecule has 82 valence electrons. The van der Waals surface area contributed by atoms with Crippen molar-refractivity contribution >= 4 is 23.3 Å². The molecule has 0 bridgehead atoms. The third kappa shape index (κ3) is 3.44. The summed E-state index contributed by atoms with van der Waals surface area (Å²) in [6, 6.07) is 3.87. The van der Waals surface area contributed by atoms with Crippen LogP contribution in [0.5, 0.6) is 0 Å². The molecular weight excluding hydrogens is 214 g/mol. The van der Waals surface area contributed by atoms with Gasteiger partial charge in [-0.3, -0.25) is 4.79 Å². The number of anilines is 1.